The molecule has 0 saturated heterocycles. The van der Waals surface area contributed by atoms with Crippen LogP contribution in [0.4, 0.5) is 0 Å². The van der Waals surface area contributed by atoms with Crippen molar-refractivity contribution in [2.75, 3.05) is 0 Å². The van der Waals surface area contributed by atoms with Crippen molar-refractivity contribution in [3.63, 3.8) is 0 Å². The van der Waals surface area contributed by atoms with Crippen LogP contribution in [0, 0.1) is 5.92 Å². The van der Waals surface area contributed by atoms with E-state index in [1.165, 1.54) is 108 Å². The average Bonchev–Trinajstić information content (AvgIpc) is 3.85. The Hall–Kier alpha value is -6.42. The highest BCUT2D eigenvalue weighted by Crippen LogP contribution is 2.45. The molecule has 1 aliphatic carbocycles. The maximum Gasteiger partial charge on any atom is 0.0548 e. The molecule has 2 nitrogen and oxygen atoms in total. The summed E-state index contributed by atoms with van der Waals surface area (Å²) in [6.07, 6.45) is 3.47. The van der Waals surface area contributed by atoms with Crippen LogP contribution >= 0.6 is 11.3 Å². The van der Waals surface area contributed by atoms with E-state index in [0.717, 1.165) is 6.42 Å². The minimum Gasteiger partial charge on any atom is -0.313 e. The van der Waals surface area contributed by atoms with Gasteiger partial charge in [0.2, 0.25) is 0 Å². The number of benzene rings is 8. The lowest BCUT2D eigenvalue weighted by atomic mass is 9.83. The summed E-state index contributed by atoms with van der Waals surface area (Å²) in [6, 6.07) is 61.0. The first-order valence-electron chi connectivity index (χ1n) is 18.9. The molecular weight excluding hydrogens is 673 g/mol. The predicted octanol–water partition coefficient (Wildman–Crippen LogP) is 14.1. The summed E-state index contributed by atoms with van der Waals surface area (Å²) in [4.78, 5) is 0. The summed E-state index contributed by atoms with van der Waals surface area (Å²) < 4.78 is 7.67. The fraction of sp³-hybridized carbons (Fsp3) is 0.0588. The highest BCUT2D eigenvalue weighted by Gasteiger charge is 2.27. The Morgan fingerprint density at radius 2 is 1.09 bits per heavy atom. The monoisotopic (exact) mass is 706 g/mol. The van der Waals surface area contributed by atoms with Crippen LogP contribution in [0.15, 0.2) is 164 Å². The summed E-state index contributed by atoms with van der Waals surface area (Å²) in [5.74, 6) is 0.349. The molecular formula is C51H34N2S. The Balaban J connectivity index is 1.08. The molecule has 3 aromatic heterocycles. The van der Waals surface area contributed by atoms with Gasteiger partial charge >= 0.3 is 0 Å². The van der Waals surface area contributed by atoms with Crippen LogP contribution in [0.5, 0.6) is 0 Å². The fourth-order valence-electron chi connectivity index (χ4n) is 9.37. The molecule has 1 unspecified atom stereocenters. The molecule has 3 heteroatoms. The summed E-state index contributed by atoms with van der Waals surface area (Å²) in [5, 5.41) is 11.6. The van der Waals surface area contributed by atoms with Gasteiger partial charge in [0.15, 0.2) is 0 Å². The van der Waals surface area contributed by atoms with Gasteiger partial charge in [0.25, 0.3) is 0 Å². The SMILES string of the molecule is CC1Cc2c(c3ccccc3n2-c2ccc3ccccc3c2)C=C1c1ccc2c(c1)c1cc3sc4ccccc4c3cc1n2-c1ccc2ccccc2c1. The lowest BCUT2D eigenvalue weighted by Crippen LogP contribution is -2.12. The van der Waals surface area contributed by atoms with Crippen LogP contribution in [-0.2, 0) is 6.42 Å². The maximum atomic E-state index is 2.51. The molecule has 8 aromatic carbocycles. The largest absolute Gasteiger partial charge is 0.313 e. The zero-order valence-corrected chi connectivity index (χ0v) is 30.6. The van der Waals surface area contributed by atoms with Crippen LogP contribution in [0.25, 0.3) is 97.4 Å². The molecule has 1 aliphatic rings. The van der Waals surface area contributed by atoms with E-state index in [2.05, 4.69) is 186 Å². The summed E-state index contributed by atoms with van der Waals surface area (Å²) >= 11 is 1.90. The van der Waals surface area contributed by atoms with Gasteiger partial charge in [0.05, 0.1) is 16.6 Å². The molecule has 11 aromatic rings. The van der Waals surface area contributed by atoms with Crippen molar-refractivity contribution in [3.8, 4) is 11.4 Å². The summed E-state index contributed by atoms with van der Waals surface area (Å²) in [7, 11) is 0. The molecule has 254 valence electrons. The second-order valence-corrected chi connectivity index (χ2v) is 16.1. The van der Waals surface area contributed by atoms with E-state index in [9.17, 15) is 0 Å². The first kappa shape index (κ1) is 30.1. The van der Waals surface area contributed by atoms with Crippen molar-refractivity contribution in [3.05, 3.63) is 181 Å². The van der Waals surface area contributed by atoms with Gasteiger partial charge in [-0.05, 0) is 112 Å². The van der Waals surface area contributed by atoms with Gasteiger partial charge in [0.1, 0.15) is 0 Å². The quantitative estimate of drug-likeness (QED) is 0.173. The van der Waals surface area contributed by atoms with Gasteiger partial charge in [-0.25, -0.2) is 0 Å². The molecule has 0 spiro atoms. The van der Waals surface area contributed by atoms with Gasteiger partial charge in [-0.2, -0.15) is 0 Å². The molecule has 0 amide bonds. The van der Waals surface area contributed by atoms with Crippen molar-refractivity contribution < 1.29 is 0 Å². The number of hydrogen-bond acceptors (Lipinski definition) is 1. The molecule has 0 saturated carbocycles. The van der Waals surface area contributed by atoms with Crippen molar-refractivity contribution in [2.24, 2.45) is 5.92 Å². The maximum absolute atomic E-state index is 2.51. The van der Waals surface area contributed by atoms with Crippen LogP contribution in [0.2, 0.25) is 0 Å². The minimum atomic E-state index is 0.349. The first-order valence-corrected chi connectivity index (χ1v) is 19.7. The fourth-order valence-corrected chi connectivity index (χ4v) is 10.5. The highest BCUT2D eigenvalue weighted by atomic mass is 32.1. The molecule has 54 heavy (non-hydrogen) atoms. The predicted molar refractivity (Wildman–Crippen MR) is 233 cm³/mol. The lowest BCUT2D eigenvalue weighted by Gasteiger charge is -2.24. The van der Waals surface area contributed by atoms with Gasteiger partial charge in [0, 0.05) is 59.0 Å². The van der Waals surface area contributed by atoms with Gasteiger partial charge in [-0.15, -0.1) is 11.3 Å². The number of rotatable bonds is 3. The third-order valence-corrected chi connectivity index (χ3v) is 13.1. The Morgan fingerprint density at radius 1 is 0.463 bits per heavy atom. The lowest BCUT2D eigenvalue weighted by molar-refractivity contribution is 0.708. The molecule has 0 N–H and O–H groups in total. The zero-order chi connectivity index (χ0) is 35.5. The van der Waals surface area contributed by atoms with E-state index in [4.69, 9.17) is 0 Å². The van der Waals surface area contributed by atoms with Crippen molar-refractivity contribution in [1.29, 1.82) is 0 Å². The van der Waals surface area contributed by atoms with Crippen LogP contribution in [-0.4, -0.2) is 9.13 Å². The van der Waals surface area contributed by atoms with E-state index >= 15 is 0 Å². The first-order chi connectivity index (χ1) is 26.7. The van der Waals surface area contributed by atoms with Crippen molar-refractivity contribution in [1.82, 2.24) is 9.13 Å². The number of para-hydroxylation sites is 1. The van der Waals surface area contributed by atoms with Crippen LogP contribution in [0.3, 0.4) is 0 Å². The Labute approximate surface area is 316 Å². The smallest absolute Gasteiger partial charge is 0.0548 e. The third kappa shape index (κ3) is 4.33. The van der Waals surface area contributed by atoms with Gasteiger partial charge < -0.3 is 9.13 Å². The molecule has 0 aliphatic heterocycles. The number of thiophene rings is 1. The Morgan fingerprint density at radius 3 is 1.87 bits per heavy atom. The number of fused-ring (bicyclic) bond motifs is 11. The van der Waals surface area contributed by atoms with Crippen LogP contribution in [0.1, 0.15) is 23.7 Å². The Bertz CT molecular complexity index is 3390. The standard InChI is InChI=1S/C51H34N2S/c1-31-24-48-43(39-14-6-8-16-46(39)52(48)37-21-18-32-10-2-4-12-34(32)25-37)28-41(31)36-20-23-47-42(27-36)44-30-51-45(40-15-7-9-17-50(40)54-51)29-49(44)53(47)38-22-19-33-11-3-5-13-35(33)26-38/h2-23,25-31H,24H2,1H3. The van der Waals surface area contributed by atoms with Crippen LogP contribution < -0.4 is 0 Å². The molecule has 0 bridgehead atoms. The van der Waals surface area contributed by atoms with Crippen molar-refractivity contribution >= 4 is 97.4 Å². The van der Waals surface area contributed by atoms with E-state index in [1.54, 1.807) is 0 Å². The summed E-state index contributed by atoms with van der Waals surface area (Å²) in [6.45, 7) is 2.40. The Kier molecular flexibility index (Phi) is 6.29. The number of hydrogen-bond donors (Lipinski definition) is 0. The molecule has 3 heterocycles. The minimum absolute atomic E-state index is 0.349. The van der Waals surface area contributed by atoms with E-state index in [-0.39, 0.29) is 0 Å². The van der Waals surface area contributed by atoms with Gasteiger partial charge in [-0.1, -0.05) is 110 Å². The molecule has 1 atom stereocenters. The summed E-state index contributed by atoms with van der Waals surface area (Å²) in [5.41, 5.74) is 11.6. The van der Waals surface area contributed by atoms with E-state index in [0.29, 0.717) is 5.92 Å². The molecule has 0 fully saturated rings. The van der Waals surface area contributed by atoms with E-state index in [1.807, 2.05) is 11.3 Å². The highest BCUT2D eigenvalue weighted by molar-refractivity contribution is 7.25. The molecule has 0 radical (unpaired) electrons. The topological polar surface area (TPSA) is 9.86 Å². The van der Waals surface area contributed by atoms with E-state index < -0.39 is 0 Å². The zero-order valence-electron chi connectivity index (χ0n) is 29.8. The number of nitrogens with zero attached hydrogens (tertiary/aromatic N) is 2. The number of aromatic nitrogens is 2. The second kappa shape index (κ2) is 11.3. The molecule has 12 rings (SSSR count). The van der Waals surface area contributed by atoms with Gasteiger partial charge in [-0.3, -0.25) is 0 Å². The number of allylic oxidation sites excluding steroid dienone is 1. The second-order valence-electron chi connectivity index (χ2n) is 15.0. The third-order valence-electron chi connectivity index (χ3n) is 11.9. The van der Waals surface area contributed by atoms with Crippen molar-refractivity contribution in [2.45, 2.75) is 13.3 Å². The average molecular weight is 707 g/mol. The normalized spacial score (nSPS) is 14.6.